The van der Waals surface area contributed by atoms with Crippen LogP contribution in [0.15, 0.2) is 54.6 Å². The molecule has 0 aromatic heterocycles. The monoisotopic (exact) mass is 310 g/mol. The largest absolute Gasteiger partial charge is 0.476 e. The summed E-state index contributed by atoms with van der Waals surface area (Å²) in [5.41, 5.74) is 3.76. The quantitative estimate of drug-likeness (QED) is 0.548. The predicted molar refractivity (Wildman–Crippen MR) is 91.3 cm³/mol. The molecule has 0 bridgehead atoms. The third-order valence-electron chi connectivity index (χ3n) is 3.92. The van der Waals surface area contributed by atoms with Crippen molar-refractivity contribution in [2.45, 2.75) is 38.5 Å². The SMILES string of the molecule is O=C(O)C(=O)CCCCCCc1ccc(-c2ccccc2)cc1. The Kier molecular flexibility index (Phi) is 6.55. The van der Waals surface area contributed by atoms with Crippen LogP contribution in [0.5, 0.6) is 0 Å². The Morgan fingerprint density at radius 1 is 0.739 bits per heavy atom. The summed E-state index contributed by atoms with van der Waals surface area (Å²) in [6, 6.07) is 18.9. The van der Waals surface area contributed by atoms with E-state index in [1.54, 1.807) is 0 Å². The second-order valence-electron chi connectivity index (χ2n) is 5.71. The van der Waals surface area contributed by atoms with Crippen molar-refractivity contribution in [1.29, 1.82) is 0 Å². The summed E-state index contributed by atoms with van der Waals surface area (Å²) in [5.74, 6) is -2.00. The van der Waals surface area contributed by atoms with E-state index in [0.717, 1.165) is 25.7 Å². The number of Topliss-reactive ketones (excluding diaryl/α,β-unsaturated/α-hetero) is 1. The molecule has 0 radical (unpaired) electrons. The molecule has 0 fully saturated rings. The topological polar surface area (TPSA) is 54.4 Å². The highest BCUT2D eigenvalue weighted by Gasteiger charge is 2.09. The zero-order valence-electron chi connectivity index (χ0n) is 13.2. The number of hydrogen-bond donors (Lipinski definition) is 1. The fourth-order valence-electron chi connectivity index (χ4n) is 2.57. The van der Waals surface area contributed by atoms with Crippen molar-refractivity contribution >= 4 is 11.8 Å². The highest BCUT2D eigenvalue weighted by atomic mass is 16.4. The highest BCUT2D eigenvalue weighted by molar-refractivity contribution is 6.32. The van der Waals surface area contributed by atoms with Gasteiger partial charge in [-0.1, -0.05) is 67.4 Å². The van der Waals surface area contributed by atoms with Gasteiger partial charge in [0.25, 0.3) is 0 Å². The van der Waals surface area contributed by atoms with Crippen molar-refractivity contribution in [3.05, 3.63) is 60.2 Å². The summed E-state index contributed by atoms with van der Waals surface area (Å²) in [6.07, 6.45) is 4.82. The summed E-state index contributed by atoms with van der Waals surface area (Å²) in [7, 11) is 0. The van der Waals surface area contributed by atoms with E-state index in [2.05, 4.69) is 36.4 Å². The fraction of sp³-hybridized carbons (Fsp3) is 0.300. The summed E-state index contributed by atoms with van der Waals surface area (Å²) in [4.78, 5) is 21.3. The molecule has 0 aliphatic heterocycles. The molecule has 0 aliphatic rings. The minimum absolute atomic E-state index is 0.154. The van der Waals surface area contributed by atoms with E-state index in [1.165, 1.54) is 16.7 Å². The Labute approximate surface area is 137 Å². The molecule has 0 saturated carbocycles. The number of carbonyl (C=O) groups excluding carboxylic acids is 1. The first kappa shape index (κ1) is 16.9. The standard InChI is InChI=1S/C20H22O3/c21-19(20(22)23)11-7-2-1-4-8-16-12-14-18(15-13-16)17-9-5-3-6-10-17/h3,5-6,9-10,12-15H,1-2,4,7-8,11H2,(H,22,23). The van der Waals surface area contributed by atoms with Gasteiger partial charge in [-0.25, -0.2) is 4.79 Å². The van der Waals surface area contributed by atoms with Crippen LogP contribution >= 0.6 is 0 Å². The molecule has 0 unspecified atom stereocenters. The molecule has 2 rings (SSSR count). The molecule has 0 spiro atoms. The summed E-state index contributed by atoms with van der Waals surface area (Å²) >= 11 is 0. The third-order valence-corrected chi connectivity index (χ3v) is 3.92. The average molecular weight is 310 g/mol. The Balaban J connectivity index is 1.69. The van der Waals surface area contributed by atoms with Crippen molar-refractivity contribution in [3.63, 3.8) is 0 Å². The second kappa shape index (κ2) is 8.89. The zero-order chi connectivity index (χ0) is 16.5. The Morgan fingerprint density at radius 3 is 2.00 bits per heavy atom. The molecular formula is C20H22O3. The molecule has 3 heteroatoms. The van der Waals surface area contributed by atoms with Gasteiger partial charge in [-0.15, -0.1) is 0 Å². The molecule has 0 saturated heterocycles. The van der Waals surface area contributed by atoms with Gasteiger partial charge < -0.3 is 5.11 Å². The third kappa shape index (κ3) is 5.70. The molecule has 0 aliphatic carbocycles. The van der Waals surface area contributed by atoms with E-state index in [4.69, 9.17) is 5.11 Å². The predicted octanol–water partition coefficient (Wildman–Crippen LogP) is 4.50. The average Bonchev–Trinajstić information content (AvgIpc) is 2.59. The molecule has 0 amide bonds. The van der Waals surface area contributed by atoms with Gasteiger partial charge in [-0.3, -0.25) is 4.79 Å². The van der Waals surface area contributed by atoms with Crippen LogP contribution in [-0.4, -0.2) is 16.9 Å². The maximum absolute atomic E-state index is 10.9. The first-order valence-corrected chi connectivity index (χ1v) is 8.07. The maximum Gasteiger partial charge on any atom is 0.372 e. The van der Waals surface area contributed by atoms with Gasteiger partial charge in [0.15, 0.2) is 0 Å². The van der Waals surface area contributed by atoms with Gasteiger partial charge in [0, 0.05) is 6.42 Å². The van der Waals surface area contributed by atoms with E-state index in [9.17, 15) is 9.59 Å². The number of carbonyl (C=O) groups is 2. The number of benzene rings is 2. The first-order chi connectivity index (χ1) is 11.2. The molecule has 0 atom stereocenters. The molecule has 0 heterocycles. The van der Waals surface area contributed by atoms with Gasteiger partial charge in [0.2, 0.25) is 5.78 Å². The lowest BCUT2D eigenvalue weighted by atomic mass is 10.0. The van der Waals surface area contributed by atoms with Crippen LogP contribution in [0, 0.1) is 0 Å². The number of aliphatic carboxylic acids is 1. The molecule has 3 nitrogen and oxygen atoms in total. The molecule has 1 N–H and O–H groups in total. The summed E-state index contributed by atoms with van der Waals surface area (Å²) < 4.78 is 0. The van der Waals surface area contributed by atoms with Crippen molar-refractivity contribution in [3.8, 4) is 11.1 Å². The lowest BCUT2D eigenvalue weighted by Crippen LogP contribution is -2.11. The van der Waals surface area contributed by atoms with Crippen LogP contribution in [0.1, 0.15) is 37.7 Å². The molecule has 2 aromatic carbocycles. The maximum atomic E-state index is 10.9. The van der Waals surface area contributed by atoms with E-state index >= 15 is 0 Å². The fourth-order valence-corrected chi connectivity index (χ4v) is 2.57. The highest BCUT2D eigenvalue weighted by Crippen LogP contribution is 2.20. The Morgan fingerprint density at radius 2 is 1.35 bits per heavy atom. The summed E-state index contributed by atoms with van der Waals surface area (Å²) in [5, 5.41) is 8.49. The number of aryl methyl sites for hydroxylation is 1. The Hall–Kier alpha value is -2.42. The number of rotatable bonds is 9. The lowest BCUT2D eigenvalue weighted by Gasteiger charge is -2.05. The van der Waals surface area contributed by atoms with Crippen LogP contribution in [0.3, 0.4) is 0 Å². The number of carboxylic acid groups (broad SMARTS) is 1. The van der Waals surface area contributed by atoms with Crippen LogP contribution in [0.2, 0.25) is 0 Å². The Bertz CT molecular complexity index is 630. The van der Waals surface area contributed by atoms with Crippen molar-refractivity contribution in [2.24, 2.45) is 0 Å². The second-order valence-corrected chi connectivity index (χ2v) is 5.71. The number of carboxylic acids is 1. The molecular weight excluding hydrogens is 288 g/mol. The van der Waals surface area contributed by atoms with E-state index in [-0.39, 0.29) is 6.42 Å². The van der Waals surface area contributed by atoms with Crippen LogP contribution in [0.25, 0.3) is 11.1 Å². The van der Waals surface area contributed by atoms with Gasteiger partial charge in [0.05, 0.1) is 0 Å². The number of ketones is 1. The normalized spacial score (nSPS) is 10.4. The summed E-state index contributed by atoms with van der Waals surface area (Å²) in [6.45, 7) is 0. The molecule has 2 aromatic rings. The molecule has 120 valence electrons. The number of unbranched alkanes of at least 4 members (excludes halogenated alkanes) is 3. The van der Waals surface area contributed by atoms with Crippen LogP contribution < -0.4 is 0 Å². The van der Waals surface area contributed by atoms with Crippen molar-refractivity contribution in [2.75, 3.05) is 0 Å². The van der Waals surface area contributed by atoms with E-state index in [1.807, 2.05) is 18.2 Å². The van der Waals surface area contributed by atoms with E-state index < -0.39 is 11.8 Å². The molecule has 23 heavy (non-hydrogen) atoms. The smallest absolute Gasteiger partial charge is 0.372 e. The van der Waals surface area contributed by atoms with Crippen molar-refractivity contribution in [1.82, 2.24) is 0 Å². The first-order valence-electron chi connectivity index (χ1n) is 8.07. The van der Waals surface area contributed by atoms with Gasteiger partial charge in [-0.2, -0.15) is 0 Å². The lowest BCUT2D eigenvalue weighted by molar-refractivity contribution is -0.149. The van der Waals surface area contributed by atoms with Gasteiger partial charge in [-0.05, 0) is 36.0 Å². The number of hydrogen-bond acceptors (Lipinski definition) is 2. The minimum Gasteiger partial charge on any atom is -0.476 e. The van der Waals surface area contributed by atoms with Crippen LogP contribution in [-0.2, 0) is 16.0 Å². The minimum atomic E-state index is -1.32. The van der Waals surface area contributed by atoms with E-state index in [0.29, 0.717) is 6.42 Å². The van der Waals surface area contributed by atoms with Crippen LogP contribution in [0.4, 0.5) is 0 Å². The zero-order valence-corrected chi connectivity index (χ0v) is 13.2. The van der Waals surface area contributed by atoms with Gasteiger partial charge >= 0.3 is 5.97 Å². The van der Waals surface area contributed by atoms with Gasteiger partial charge in [0.1, 0.15) is 0 Å². The van der Waals surface area contributed by atoms with Crippen molar-refractivity contribution < 1.29 is 14.7 Å².